The van der Waals surface area contributed by atoms with Crippen molar-refractivity contribution in [2.24, 2.45) is 0 Å². The Hall–Kier alpha value is -0.480. The highest BCUT2D eigenvalue weighted by Crippen LogP contribution is 2.33. The summed E-state index contributed by atoms with van der Waals surface area (Å²) in [6, 6.07) is 4.27. The second-order valence-corrected chi connectivity index (χ2v) is 5.60. The molecule has 108 valence electrons. The van der Waals surface area contributed by atoms with Crippen LogP contribution < -0.4 is 10.1 Å². The zero-order valence-electron chi connectivity index (χ0n) is 11.7. The van der Waals surface area contributed by atoms with Crippen LogP contribution in [-0.2, 0) is 4.74 Å². The quantitative estimate of drug-likeness (QED) is 0.749. The van der Waals surface area contributed by atoms with E-state index in [4.69, 9.17) is 32.7 Å². The second kappa shape index (κ2) is 8.64. The summed E-state index contributed by atoms with van der Waals surface area (Å²) in [5.41, 5.74) is 1.02. The van der Waals surface area contributed by atoms with Crippen LogP contribution in [0.25, 0.3) is 0 Å². The van der Waals surface area contributed by atoms with Crippen LogP contribution in [0.4, 0.5) is 0 Å². The fraction of sp³-hybridized carbons (Fsp3) is 0.571. The lowest BCUT2D eigenvalue weighted by molar-refractivity contribution is -0.684. The van der Waals surface area contributed by atoms with Gasteiger partial charge in [-0.2, -0.15) is 0 Å². The van der Waals surface area contributed by atoms with Gasteiger partial charge < -0.3 is 14.8 Å². The van der Waals surface area contributed by atoms with Crippen LogP contribution in [-0.4, -0.2) is 32.4 Å². The number of benzene rings is 1. The van der Waals surface area contributed by atoms with E-state index in [2.05, 4.69) is 19.2 Å². The van der Waals surface area contributed by atoms with Crippen molar-refractivity contribution in [2.45, 2.75) is 26.8 Å². The van der Waals surface area contributed by atoms with Crippen LogP contribution in [0.5, 0.6) is 5.75 Å². The van der Waals surface area contributed by atoms with E-state index in [9.17, 15) is 0 Å². The summed E-state index contributed by atoms with van der Waals surface area (Å²) in [5.74, 6) is 0.534. The van der Waals surface area contributed by atoms with Crippen LogP contribution in [0, 0.1) is 6.92 Å². The molecule has 5 heteroatoms. The number of aryl methyl sites for hydroxylation is 1. The van der Waals surface area contributed by atoms with Crippen molar-refractivity contribution in [3.05, 3.63) is 27.7 Å². The molecule has 2 N–H and O–H groups in total. The normalized spacial score (nSPS) is 11.1. The Morgan fingerprint density at radius 2 is 1.74 bits per heavy atom. The Labute approximate surface area is 125 Å². The van der Waals surface area contributed by atoms with Gasteiger partial charge >= 0.3 is 0 Å². The van der Waals surface area contributed by atoms with E-state index in [0.717, 1.165) is 18.7 Å². The Morgan fingerprint density at radius 3 is 2.32 bits per heavy atom. The Kier molecular flexibility index (Phi) is 7.54. The van der Waals surface area contributed by atoms with Crippen molar-refractivity contribution in [2.75, 3.05) is 26.4 Å². The van der Waals surface area contributed by atoms with Crippen molar-refractivity contribution in [3.63, 3.8) is 0 Å². The summed E-state index contributed by atoms with van der Waals surface area (Å²) >= 11 is 12.2. The summed E-state index contributed by atoms with van der Waals surface area (Å²) in [6.45, 7) is 8.92. The topological polar surface area (TPSA) is 35.1 Å². The zero-order valence-corrected chi connectivity index (χ0v) is 13.2. The molecule has 0 fully saturated rings. The van der Waals surface area contributed by atoms with Crippen LogP contribution in [0.3, 0.4) is 0 Å². The molecule has 0 atom stereocenters. The minimum Gasteiger partial charge on any atom is -0.488 e. The third-order valence-corrected chi connectivity index (χ3v) is 3.08. The highest BCUT2D eigenvalue weighted by molar-refractivity contribution is 6.37. The first kappa shape index (κ1) is 16.6. The number of quaternary nitrogens is 1. The third-order valence-electron chi connectivity index (χ3n) is 2.52. The number of nitrogens with two attached hydrogens (primary N) is 1. The van der Waals surface area contributed by atoms with Gasteiger partial charge in [0.2, 0.25) is 0 Å². The average molecular weight is 307 g/mol. The van der Waals surface area contributed by atoms with Crippen LogP contribution in [0.15, 0.2) is 12.1 Å². The molecule has 19 heavy (non-hydrogen) atoms. The largest absolute Gasteiger partial charge is 0.488 e. The molecule has 0 bridgehead atoms. The van der Waals surface area contributed by atoms with Gasteiger partial charge in [0.1, 0.15) is 6.61 Å². The molecular formula is C14H22Cl2NO2+. The van der Waals surface area contributed by atoms with Gasteiger partial charge in [-0.15, -0.1) is 0 Å². The highest BCUT2D eigenvalue weighted by Gasteiger charge is 2.08. The lowest BCUT2D eigenvalue weighted by atomic mass is 10.2. The minimum atomic E-state index is 0.449. The lowest BCUT2D eigenvalue weighted by Gasteiger charge is -2.11. The van der Waals surface area contributed by atoms with Crippen LogP contribution >= 0.6 is 23.2 Å². The first-order valence-corrected chi connectivity index (χ1v) is 7.26. The van der Waals surface area contributed by atoms with Crippen molar-refractivity contribution >= 4 is 23.2 Å². The molecule has 0 spiro atoms. The molecule has 0 aliphatic carbocycles. The van der Waals surface area contributed by atoms with Crippen molar-refractivity contribution in [1.82, 2.24) is 0 Å². The molecule has 0 aliphatic heterocycles. The number of ether oxygens (including phenoxy) is 2. The zero-order chi connectivity index (χ0) is 14.3. The molecule has 1 aromatic rings. The summed E-state index contributed by atoms with van der Waals surface area (Å²) in [6.07, 6.45) is 0. The summed E-state index contributed by atoms with van der Waals surface area (Å²) in [4.78, 5) is 0. The molecule has 0 unspecified atom stereocenters. The third kappa shape index (κ3) is 6.48. The molecule has 0 heterocycles. The molecule has 0 radical (unpaired) electrons. The summed E-state index contributed by atoms with van der Waals surface area (Å²) in [5, 5.41) is 3.31. The monoisotopic (exact) mass is 306 g/mol. The van der Waals surface area contributed by atoms with E-state index in [1.807, 2.05) is 19.1 Å². The lowest BCUT2D eigenvalue weighted by Crippen LogP contribution is -2.89. The van der Waals surface area contributed by atoms with E-state index in [0.29, 0.717) is 35.1 Å². The number of rotatable bonds is 8. The van der Waals surface area contributed by atoms with Gasteiger partial charge in [0.15, 0.2) is 5.75 Å². The smallest absolute Gasteiger partial charge is 0.156 e. The first-order chi connectivity index (χ1) is 9.00. The van der Waals surface area contributed by atoms with E-state index in [-0.39, 0.29) is 0 Å². The molecule has 1 rings (SSSR count). The molecule has 1 aromatic carbocycles. The summed E-state index contributed by atoms with van der Waals surface area (Å²) in [7, 11) is 0. The highest BCUT2D eigenvalue weighted by atomic mass is 35.5. The first-order valence-electron chi connectivity index (χ1n) is 6.50. The Balaban J connectivity index is 2.23. The Morgan fingerprint density at radius 1 is 1.11 bits per heavy atom. The van der Waals surface area contributed by atoms with Gasteiger partial charge in [0.25, 0.3) is 0 Å². The molecule has 0 aromatic heterocycles. The predicted molar refractivity (Wildman–Crippen MR) is 79.4 cm³/mol. The molecule has 0 aliphatic rings. The number of hydrogen-bond acceptors (Lipinski definition) is 2. The van der Waals surface area contributed by atoms with Gasteiger partial charge in [0, 0.05) is 0 Å². The van der Waals surface area contributed by atoms with Gasteiger partial charge in [-0.1, -0.05) is 23.2 Å². The van der Waals surface area contributed by atoms with Gasteiger partial charge in [-0.3, -0.25) is 0 Å². The molecule has 0 saturated carbocycles. The van der Waals surface area contributed by atoms with E-state index in [1.165, 1.54) is 0 Å². The van der Waals surface area contributed by atoms with Crippen molar-refractivity contribution < 1.29 is 14.8 Å². The average Bonchev–Trinajstić information content (AvgIpc) is 2.30. The molecular weight excluding hydrogens is 285 g/mol. The fourth-order valence-corrected chi connectivity index (χ4v) is 2.32. The number of hydrogen-bond donors (Lipinski definition) is 1. The maximum Gasteiger partial charge on any atom is 0.156 e. The minimum absolute atomic E-state index is 0.449. The Bertz CT molecular complexity index is 374. The molecule has 0 amide bonds. The standard InChI is InChI=1S/C14H21Cl2NO2/c1-10(2)17-4-5-18-6-7-19-14-12(15)8-11(3)9-13(14)16/h8-10,17H,4-7H2,1-3H3/p+1. The van der Waals surface area contributed by atoms with Crippen molar-refractivity contribution in [1.29, 1.82) is 0 Å². The van der Waals surface area contributed by atoms with Crippen LogP contribution in [0.1, 0.15) is 19.4 Å². The summed E-state index contributed by atoms with van der Waals surface area (Å²) < 4.78 is 11.0. The van der Waals surface area contributed by atoms with Gasteiger partial charge in [-0.25, -0.2) is 0 Å². The molecule has 3 nitrogen and oxygen atoms in total. The second-order valence-electron chi connectivity index (χ2n) is 4.79. The van der Waals surface area contributed by atoms with E-state index < -0.39 is 0 Å². The van der Waals surface area contributed by atoms with Gasteiger partial charge in [-0.05, 0) is 38.5 Å². The van der Waals surface area contributed by atoms with E-state index in [1.54, 1.807) is 0 Å². The molecule has 0 saturated heterocycles. The maximum atomic E-state index is 6.08. The predicted octanol–water partition coefficient (Wildman–Crippen LogP) is 2.67. The van der Waals surface area contributed by atoms with Crippen molar-refractivity contribution in [3.8, 4) is 5.75 Å². The van der Waals surface area contributed by atoms with E-state index >= 15 is 0 Å². The maximum absolute atomic E-state index is 6.08. The van der Waals surface area contributed by atoms with Gasteiger partial charge in [0.05, 0.1) is 35.8 Å². The van der Waals surface area contributed by atoms with Crippen LogP contribution in [0.2, 0.25) is 10.0 Å². The number of halogens is 2. The fourth-order valence-electron chi connectivity index (χ4n) is 1.61. The SMILES string of the molecule is Cc1cc(Cl)c(OCCOCC[NH2+]C(C)C)c(Cl)c1.